The molecule has 2 rings (SSSR count). The molecule has 1 aromatic rings. The van der Waals surface area contributed by atoms with Crippen LogP contribution in [-0.4, -0.2) is 23.9 Å². The highest BCUT2D eigenvalue weighted by molar-refractivity contribution is 5.91. The van der Waals surface area contributed by atoms with Crippen molar-refractivity contribution in [1.29, 1.82) is 0 Å². The summed E-state index contributed by atoms with van der Waals surface area (Å²) in [5, 5.41) is 0. The molecule has 3 nitrogen and oxygen atoms in total. The summed E-state index contributed by atoms with van der Waals surface area (Å²) in [5.74, 6) is 1.33. The van der Waals surface area contributed by atoms with Crippen molar-refractivity contribution in [3.05, 3.63) is 24.2 Å². The van der Waals surface area contributed by atoms with Crippen molar-refractivity contribution in [3.8, 4) is 0 Å². The number of nitrogens with zero attached hydrogens (tertiary/aromatic N) is 1. The van der Waals surface area contributed by atoms with Gasteiger partial charge in [-0.25, -0.2) is 0 Å². The molecule has 0 spiro atoms. The number of piperidine rings is 1. The second-order valence-electron chi connectivity index (χ2n) is 4.86. The van der Waals surface area contributed by atoms with Crippen molar-refractivity contribution in [2.75, 3.05) is 13.1 Å². The van der Waals surface area contributed by atoms with Crippen LogP contribution in [0.1, 0.15) is 49.6 Å². The molecule has 1 aliphatic rings. The van der Waals surface area contributed by atoms with Crippen molar-refractivity contribution >= 4 is 5.91 Å². The lowest BCUT2D eigenvalue weighted by Crippen LogP contribution is -2.38. The summed E-state index contributed by atoms with van der Waals surface area (Å²) in [7, 11) is 0. The Kier molecular flexibility index (Phi) is 4.24. The molecule has 0 N–H and O–H groups in total. The Morgan fingerprint density at radius 1 is 1.47 bits per heavy atom. The van der Waals surface area contributed by atoms with Crippen LogP contribution in [0.2, 0.25) is 0 Å². The summed E-state index contributed by atoms with van der Waals surface area (Å²) in [6.07, 6.45) is 7.75. The third kappa shape index (κ3) is 3.11. The Labute approximate surface area is 103 Å². The molecule has 1 amide bonds. The van der Waals surface area contributed by atoms with Gasteiger partial charge in [-0.3, -0.25) is 4.79 Å². The third-order valence-corrected chi connectivity index (χ3v) is 3.60. The van der Waals surface area contributed by atoms with Crippen molar-refractivity contribution in [2.45, 2.75) is 39.0 Å². The van der Waals surface area contributed by atoms with Gasteiger partial charge in [0, 0.05) is 13.1 Å². The van der Waals surface area contributed by atoms with E-state index in [4.69, 9.17) is 4.42 Å². The summed E-state index contributed by atoms with van der Waals surface area (Å²) in [6.45, 7) is 4.00. The minimum atomic E-state index is 0.0453. The molecule has 0 aliphatic carbocycles. The Balaban J connectivity index is 1.81. The van der Waals surface area contributed by atoms with E-state index < -0.39 is 0 Å². The number of hydrogen-bond acceptors (Lipinski definition) is 2. The van der Waals surface area contributed by atoms with Gasteiger partial charge in [-0.05, 0) is 30.9 Å². The van der Waals surface area contributed by atoms with Gasteiger partial charge < -0.3 is 9.32 Å². The smallest absolute Gasteiger partial charge is 0.289 e. The topological polar surface area (TPSA) is 33.5 Å². The molecule has 0 aromatic carbocycles. The summed E-state index contributed by atoms with van der Waals surface area (Å²) in [6, 6.07) is 3.51. The van der Waals surface area contributed by atoms with Crippen LogP contribution in [0, 0.1) is 5.92 Å². The van der Waals surface area contributed by atoms with E-state index in [1.807, 2.05) is 4.90 Å². The molecule has 0 atom stereocenters. The fraction of sp³-hybridized carbons (Fsp3) is 0.643. The monoisotopic (exact) mass is 235 g/mol. The molecule has 94 valence electrons. The first-order chi connectivity index (χ1) is 8.31. The average molecular weight is 235 g/mol. The maximum Gasteiger partial charge on any atom is 0.289 e. The predicted molar refractivity (Wildman–Crippen MR) is 66.9 cm³/mol. The molecule has 1 fully saturated rings. The van der Waals surface area contributed by atoms with Gasteiger partial charge in [0.25, 0.3) is 5.91 Å². The zero-order valence-corrected chi connectivity index (χ0v) is 10.5. The van der Waals surface area contributed by atoms with E-state index in [0.29, 0.717) is 5.76 Å². The molecular weight excluding hydrogens is 214 g/mol. The van der Waals surface area contributed by atoms with Crippen LogP contribution in [0.4, 0.5) is 0 Å². The van der Waals surface area contributed by atoms with Gasteiger partial charge in [-0.1, -0.05) is 26.2 Å². The summed E-state index contributed by atoms with van der Waals surface area (Å²) in [5.41, 5.74) is 0. The number of carbonyl (C=O) groups is 1. The number of carbonyl (C=O) groups excluding carboxylic acids is 1. The van der Waals surface area contributed by atoms with E-state index in [1.54, 1.807) is 18.4 Å². The molecule has 1 aromatic heterocycles. The lowest BCUT2D eigenvalue weighted by molar-refractivity contribution is 0.0654. The van der Waals surface area contributed by atoms with Crippen molar-refractivity contribution in [3.63, 3.8) is 0 Å². The Bertz CT molecular complexity index is 337. The molecule has 0 bridgehead atoms. The van der Waals surface area contributed by atoms with Crippen LogP contribution in [-0.2, 0) is 0 Å². The number of amides is 1. The minimum absolute atomic E-state index is 0.0453. The minimum Gasteiger partial charge on any atom is -0.459 e. The maximum atomic E-state index is 12.0. The van der Waals surface area contributed by atoms with E-state index >= 15 is 0 Å². The zero-order chi connectivity index (χ0) is 12.1. The molecule has 0 unspecified atom stereocenters. The van der Waals surface area contributed by atoms with Gasteiger partial charge >= 0.3 is 0 Å². The quantitative estimate of drug-likeness (QED) is 0.802. The number of furan rings is 1. The first kappa shape index (κ1) is 12.2. The SMILES string of the molecule is CCCCC1CCN(C(=O)c2ccco2)CC1. The van der Waals surface area contributed by atoms with Crippen molar-refractivity contribution in [1.82, 2.24) is 4.90 Å². The number of likely N-dealkylation sites (tertiary alicyclic amines) is 1. The molecule has 0 radical (unpaired) electrons. The second-order valence-corrected chi connectivity index (χ2v) is 4.86. The second kappa shape index (κ2) is 5.89. The van der Waals surface area contributed by atoms with Gasteiger partial charge in [0.05, 0.1) is 6.26 Å². The Morgan fingerprint density at radius 3 is 2.82 bits per heavy atom. The fourth-order valence-electron chi connectivity index (χ4n) is 2.47. The van der Waals surface area contributed by atoms with Crippen LogP contribution in [0.3, 0.4) is 0 Å². The standard InChI is InChI=1S/C14H21NO2/c1-2-3-5-12-7-9-15(10-8-12)14(16)13-6-4-11-17-13/h4,6,11-12H,2-3,5,7-10H2,1H3. The summed E-state index contributed by atoms with van der Waals surface area (Å²) in [4.78, 5) is 13.9. The highest BCUT2D eigenvalue weighted by atomic mass is 16.3. The van der Waals surface area contributed by atoms with Crippen LogP contribution >= 0.6 is 0 Å². The number of hydrogen-bond donors (Lipinski definition) is 0. The molecule has 17 heavy (non-hydrogen) atoms. The number of unbranched alkanes of at least 4 members (excludes halogenated alkanes) is 1. The molecular formula is C14H21NO2. The normalized spacial score (nSPS) is 17.4. The Morgan fingerprint density at radius 2 is 2.24 bits per heavy atom. The zero-order valence-electron chi connectivity index (χ0n) is 10.5. The fourth-order valence-corrected chi connectivity index (χ4v) is 2.47. The summed E-state index contributed by atoms with van der Waals surface area (Å²) >= 11 is 0. The first-order valence-corrected chi connectivity index (χ1v) is 6.64. The third-order valence-electron chi connectivity index (χ3n) is 3.60. The average Bonchev–Trinajstić information content (AvgIpc) is 2.90. The van der Waals surface area contributed by atoms with Gasteiger partial charge in [0.2, 0.25) is 0 Å². The van der Waals surface area contributed by atoms with Gasteiger partial charge in [0.15, 0.2) is 5.76 Å². The van der Waals surface area contributed by atoms with E-state index in [9.17, 15) is 4.79 Å². The van der Waals surface area contributed by atoms with E-state index in [-0.39, 0.29) is 5.91 Å². The summed E-state index contributed by atoms with van der Waals surface area (Å²) < 4.78 is 5.15. The maximum absolute atomic E-state index is 12.0. The number of rotatable bonds is 4. The lowest BCUT2D eigenvalue weighted by Gasteiger charge is -2.31. The molecule has 0 saturated carbocycles. The highest BCUT2D eigenvalue weighted by Crippen LogP contribution is 2.23. The largest absolute Gasteiger partial charge is 0.459 e. The van der Waals surface area contributed by atoms with Gasteiger partial charge in [0.1, 0.15) is 0 Å². The first-order valence-electron chi connectivity index (χ1n) is 6.64. The molecule has 3 heteroatoms. The molecule has 1 aliphatic heterocycles. The van der Waals surface area contributed by atoms with Gasteiger partial charge in [-0.15, -0.1) is 0 Å². The van der Waals surface area contributed by atoms with Crippen LogP contribution in [0.5, 0.6) is 0 Å². The van der Waals surface area contributed by atoms with Crippen LogP contribution in [0.15, 0.2) is 22.8 Å². The molecule has 1 saturated heterocycles. The van der Waals surface area contributed by atoms with E-state index in [1.165, 1.54) is 19.3 Å². The van der Waals surface area contributed by atoms with Crippen LogP contribution in [0.25, 0.3) is 0 Å². The van der Waals surface area contributed by atoms with Crippen LogP contribution < -0.4 is 0 Å². The van der Waals surface area contributed by atoms with Crippen molar-refractivity contribution < 1.29 is 9.21 Å². The Hall–Kier alpha value is -1.25. The molecule has 2 heterocycles. The van der Waals surface area contributed by atoms with E-state index in [0.717, 1.165) is 31.8 Å². The predicted octanol–water partition coefficient (Wildman–Crippen LogP) is 3.32. The van der Waals surface area contributed by atoms with E-state index in [2.05, 4.69) is 6.92 Å². The lowest BCUT2D eigenvalue weighted by atomic mass is 9.91. The van der Waals surface area contributed by atoms with Gasteiger partial charge in [-0.2, -0.15) is 0 Å². The van der Waals surface area contributed by atoms with Crippen molar-refractivity contribution in [2.24, 2.45) is 5.92 Å². The highest BCUT2D eigenvalue weighted by Gasteiger charge is 2.24.